The normalized spacial score (nSPS) is 16.3. The van der Waals surface area contributed by atoms with E-state index in [9.17, 15) is 14.7 Å². The van der Waals surface area contributed by atoms with Gasteiger partial charge in [0.05, 0.1) is 11.6 Å². The van der Waals surface area contributed by atoms with Gasteiger partial charge in [-0.25, -0.2) is 4.79 Å². The van der Waals surface area contributed by atoms with Gasteiger partial charge in [-0.05, 0) is 37.1 Å². The third-order valence-corrected chi connectivity index (χ3v) is 3.36. The van der Waals surface area contributed by atoms with E-state index >= 15 is 0 Å². The molecule has 0 atom stereocenters. The lowest BCUT2D eigenvalue weighted by atomic mass is 10.1. The third kappa shape index (κ3) is 3.17. The average Bonchev–Trinajstić information content (AvgIpc) is 2.72. The number of carbonyl (C=O) groups is 2. The molecule has 118 valence electrons. The molecule has 1 aliphatic rings. The zero-order valence-corrected chi connectivity index (χ0v) is 13.1. The first-order chi connectivity index (χ1) is 10.5. The molecule has 0 radical (unpaired) electrons. The fraction of sp³-hybridized carbons (Fsp3) is 0.333. The van der Waals surface area contributed by atoms with Gasteiger partial charge in [0.2, 0.25) is 0 Å². The molecule has 0 aromatic heterocycles. The van der Waals surface area contributed by atoms with Crippen molar-refractivity contribution in [2.75, 3.05) is 13.2 Å². The van der Waals surface area contributed by atoms with E-state index in [4.69, 9.17) is 16.3 Å². The van der Waals surface area contributed by atoms with Gasteiger partial charge in [0.15, 0.2) is 11.5 Å². The second-order valence-corrected chi connectivity index (χ2v) is 5.13. The Labute approximate surface area is 133 Å². The molecule has 1 aromatic carbocycles. The van der Waals surface area contributed by atoms with Gasteiger partial charge in [0.25, 0.3) is 5.91 Å². The predicted octanol–water partition coefficient (Wildman–Crippen LogP) is 2.75. The molecule has 3 amide bonds. The van der Waals surface area contributed by atoms with Crippen molar-refractivity contribution in [3.63, 3.8) is 0 Å². The summed E-state index contributed by atoms with van der Waals surface area (Å²) in [6.45, 7) is 4.39. The standard InChI is InChI=1S/C15H17ClN2O4/c1-3-5-18-14(20)11(17-15(18)21)7-9-6-10(16)13(19)12(8-9)22-4-2/h6-8,19H,3-5H2,1-2H3,(H,17,21)/b11-7+. The van der Waals surface area contributed by atoms with E-state index in [2.05, 4.69) is 5.32 Å². The molecule has 0 spiro atoms. The molecule has 1 aliphatic heterocycles. The first kappa shape index (κ1) is 16.2. The Kier molecular flexibility index (Phi) is 4.92. The van der Waals surface area contributed by atoms with Gasteiger partial charge in [0, 0.05) is 6.54 Å². The largest absolute Gasteiger partial charge is 0.503 e. The minimum absolute atomic E-state index is 0.111. The molecule has 2 N–H and O–H groups in total. The van der Waals surface area contributed by atoms with Gasteiger partial charge >= 0.3 is 6.03 Å². The van der Waals surface area contributed by atoms with E-state index in [1.165, 1.54) is 12.1 Å². The highest BCUT2D eigenvalue weighted by molar-refractivity contribution is 6.32. The van der Waals surface area contributed by atoms with E-state index in [1.54, 1.807) is 13.0 Å². The predicted molar refractivity (Wildman–Crippen MR) is 82.8 cm³/mol. The maximum atomic E-state index is 12.1. The van der Waals surface area contributed by atoms with Gasteiger partial charge in [-0.1, -0.05) is 18.5 Å². The molecule has 22 heavy (non-hydrogen) atoms. The zero-order valence-electron chi connectivity index (χ0n) is 12.4. The van der Waals surface area contributed by atoms with Gasteiger partial charge in [-0.3, -0.25) is 9.69 Å². The first-order valence-corrected chi connectivity index (χ1v) is 7.35. The number of benzene rings is 1. The summed E-state index contributed by atoms with van der Waals surface area (Å²) in [5.74, 6) is -0.307. The topological polar surface area (TPSA) is 78.9 Å². The van der Waals surface area contributed by atoms with Crippen LogP contribution in [0.3, 0.4) is 0 Å². The number of urea groups is 1. The van der Waals surface area contributed by atoms with Gasteiger partial charge in [-0.15, -0.1) is 0 Å². The van der Waals surface area contributed by atoms with Crippen molar-refractivity contribution in [3.05, 3.63) is 28.4 Å². The lowest BCUT2D eigenvalue weighted by molar-refractivity contribution is -0.122. The van der Waals surface area contributed by atoms with Crippen molar-refractivity contribution < 1.29 is 19.4 Å². The van der Waals surface area contributed by atoms with Gasteiger partial charge < -0.3 is 15.2 Å². The van der Waals surface area contributed by atoms with Crippen LogP contribution in [-0.4, -0.2) is 35.1 Å². The molecule has 1 aromatic rings. The molecule has 7 heteroatoms. The number of hydrogen-bond acceptors (Lipinski definition) is 4. The Balaban J connectivity index is 2.33. The lowest BCUT2D eigenvalue weighted by Crippen LogP contribution is -2.31. The molecular weight excluding hydrogens is 308 g/mol. The highest BCUT2D eigenvalue weighted by atomic mass is 35.5. The number of nitrogens with zero attached hydrogens (tertiary/aromatic N) is 1. The van der Waals surface area contributed by atoms with E-state index in [-0.39, 0.29) is 28.1 Å². The van der Waals surface area contributed by atoms with E-state index < -0.39 is 6.03 Å². The van der Waals surface area contributed by atoms with Gasteiger partial charge in [0.1, 0.15) is 5.70 Å². The summed E-state index contributed by atoms with van der Waals surface area (Å²) in [7, 11) is 0. The van der Waals surface area contributed by atoms with Crippen LogP contribution in [0.4, 0.5) is 4.79 Å². The summed E-state index contributed by atoms with van der Waals surface area (Å²) in [4.78, 5) is 25.0. The molecule has 0 saturated carbocycles. The van der Waals surface area contributed by atoms with E-state index in [0.717, 1.165) is 4.90 Å². The van der Waals surface area contributed by atoms with Crippen LogP contribution in [0.25, 0.3) is 6.08 Å². The van der Waals surface area contributed by atoms with Crippen molar-refractivity contribution in [3.8, 4) is 11.5 Å². The van der Waals surface area contributed by atoms with E-state index in [0.29, 0.717) is 25.1 Å². The summed E-state index contributed by atoms with van der Waals surface area (Å²) in [6, 6.07) is 2.61. The number of ether oxygens (including phenoxy) is 1. The van der Waals surface area contributed by atoms with Crippen LogP contribution in [0, 0.1) is 0 Å². The van der Waals surface area contributed by atoms with Crippen LogP contribution in [0.15, 0.2) is 17.8 Å². The SMILES string of the molecule is CCCN1C(=O)N/C(=C/c2cc(Cl)c(O)c(OCC)c2)C1=O. The molecular formula is C15H17ClN2O4. The zero-order chi connectivity index (χ0) is 16.3. The number of rotatable bonds is 5. The average molecular weight is 325 g/mol. The molecule has 1 heterocycles. The van der Waals surface area contributed by atoms with Crippen LogP contribution in [0.2, 0.25) is 5.02 Å². The molecule has 0 unspecified atom stereocenters. The summed E-state index contributed by atoms with van der Waals surface area (Å²) in [5.41, 5.74) is 0.718. The first-order valence-electron chi connectivity index (χ1n) is 6.97. The van der Waals surface area contributed by atoms with Crippen molar-refractivity contribution in [1.29, 1.82) is 0 Å². The highest BCUT2D eigenvalue weighted by Crippen LogP contribution is 2.36. The summed E-state index contributed by atoms with van der Waals surface area (Å²) in [6.07, 6.45) is 2.19. The number of halogens is 1. The number of hydrogen-bond donors (Lipinski definition) is 2. The Morgan fingerprint density at radius 3 is 2.73 bits per heavy atom. The highest BCUT2D eigenvalue weighted by Gasteiger charge is 2.32. The number of carbonyl (C=O) groups excluding carboxylic acids is 2. The summed E-state index contributed by atoms with van der Waals surface area (Å²) in [5, 5.41) is 12.4. The van der Waals surface area contributed by atoms with Crippen LogP contribution in [0.5, 0.6) is 11.5 Å². The Hall–Kier alpha value is -2.21. The maximum absolute atomic E-state index is 12.1. The molecule has 2 rings (SSSR count). The van der Waals surface area contributed by atoms with Gasteiger partial charge in [-0.2, -0.15) is 0 Å². The minimum atomic E-state index is -0.437. The number of aromatic hydroxyl groups is 1. The summed E-state index contributed by atoms with van der Waals surface area (Å²) >= 11 is 5.94. The van der Waals surface area contributed by atoms with Crippen molar-refractivity contribution in [2.45, 2.75) is 20.3 Å². The number of phenols is 1. The third-order valence-electron chi connectivity index (χ3n) is 3.07. The number of imide groups is 1. The fourth-order valence-electron chi connectivity index (χ4n) is 2.11. The fourth-order valence-corrected chi connectivity index (χ4v) is 2.33. The van der Waals surface area contributed by atoms with Crippen molar-refractivity contribution in [1.82, 2.24) is 10.2 Å². The second kappa shape index (κ2) is 6.70. The Morgan fingerprint density at radius 2 is 2.09 bits per heavy atom. The van der Waals surface area contributed by atoms with Crippen LogP contribution in [-0.2, 0) is 4.79 Å². The quantitative estimate of drug-likeness (QED) is 0.645. The van der Waals surface area contributed by atoms with Crippen LogP contribution >= 0.6 is 11.6 Å². The number of phenolic OH excluding ortho intramolecular Hbond substituents is 1. The monoisotopic (exact) mass is 324 g/mol. The molecule has 1 saturated heterocycles. The molecule has 0 bridgehead atoms. The smallest absolute Gasteiger partial charge is 0.329 e. The van der Waals surface area contributed by atoms with E-state index in [1.807, 2.05) is 6.92 Å². The number of nitrogens with one attached hydrogen (secondary N) is 1. The van der Waals surface area contributed by atoms with Crippen molar-refractivity contribution in [2.24, 2.45) is 0 Å². The maximum Gasteiger partial charge on any atom is 0.329 e. The number of amides is 3. The Bertz CT molecular complexity index is 643. The van der Waals surface area contributed by atoms with Crippen molar-refractivity contribution >= 4 is 29.6 Å². The van der Waals surface area contributed by atoms with Crippen LogP contribution in [0.1, 0.15) is 25.8 Å². The second-order valence-electron chi connectivity index (χ2n) is 4.73. The molecule has 1 fully saturated rings. The van der Waals surface area contributed by atoms with Crippen LogP contribution < -0.4 is 10.1 Å². The molecule has 0 aliphatic carbocycles. The minimum Gasteiger partial charge on any atom is -0.503 e. The Morgan fingerprint density at radius 1 is 1.36 bits per heavy atom. The lowest BCUT2D eigenvalue weighted by Gasteiger charge is -2.09. The molecule has 6 nitrogen and oxygen atoms in total. The summed E-state index contributed by atoms with van der Waals surface area (Å²) < 4.78 is 5.28.